The lowest BCUT2D eigenvalue weighted by Gasteiger charge is -2.33. The molecule has 2 aromatic carbocycles. The second kappa shape index (κ2) is 10.0. The summed E-state index contributed by atoms with van der Waals surface area (Å²) in [5.41, 5.74) is 1.72. The summed E-state index contributed by atoms with van der Waals surface area (Å²) in [4.78, 5) is 14.0. The molecule has 2 aromatic rings. The predicted molar refractivity (Wildman–Crippen MR) is 114 cm³/mol. The molecule has 162 valence electrons. The number of carbonyl (C=O) groups excluding carboxylic acids is 1. The van der Waals surface area contributed by atoms with Crippen LogP contribution in [0, 0.1) is 5.82 Å². The van der Waals surface area contributed by atoms with Crippen molar-refractivity contribution in [3.63, 3.8) is 0 Å². The van der Waals surface area contributed by atoms with Crippen molar-refractivity contribution >= 4 is 27.3 Å². The zero-order valence-electron chi connectivity index (χ0n) is 16.8. The molecule has 1 aliphatic heterocycles. The van der Waals surface area contributed by atoms with Gasteiger partial charge in [0.05, 0.1) is 6.10 Å². The normalized spacial score (nSPS) is 15.2. The smallest absolute Gasteiger partial charge is 0.243 e. The first-order chi connectivity index (χ1) is 14.4. The molecule has 3 rings (SSSR count). The van der Waals surface area contributed by atoms with Gasteiger partial charge in [-0.25, -0.2) is 17.5 Å². The topological polar surface area (TPSA) is 87.7 Å². The number of ether oxygens (including phenoxy) is 1. The number of amides is 1. The van der Waals surface area contributed by atoms with E-state index in [0.29, 0.717) is 11.8 Å². The molecule has 0 atom stereocenters. The molecule has 0 radical (unpaired) electrons. The van der Waals surface area contributed by atoms with E-state index in [2.05, 4.69) is 14.9 Å². The van der Waals surface area contributed by atoms with E-state index < -0.39 is 20.7 Å². The Kier molecular flexibility index (Phi) is 7.41. The lowest BCUT2D eigenvalue weighted by Crippen LogP contribution is -2.36. The van der Waals surface area contributed by atoms with Gasteiger partial charge in [-0.1, -0.05) is 12.1 Å². The van der Waals surface area contributed by atoms with E-state index in [4.69, 9.17) is 4.74 Å². The predicted octanol–water partition coefficient (Wildman–Crippen LogP) is 2.75. The molecule has 0 unspecified atom stereocenters. The molecule has 9 heteroatoms. The Bertz CT molecular complexity index is 958. The van der Waals surface area contributed by atoms with Gasteiger partial charge in [0.1, 0.15) is 10.7 Å². The molecular weight excluding hydrogens is 409 g/mol. The number of nitrogens with zero attached hydrogens (tertiary/aromatic N) is 1. The average Bonchev–Trinajstić information content (AvgIpc) is 2.74. The van der Waals surface area contributed by atoms with Crippen molar-refractivity contribution in [2.24, 2.45) is 0 Å². The van der Waals surface area contributed by atoms with Gasteiger partial charge in [0, 0.05) is 44.5 Å². The molecule has 2 N–H and O–H groups in total. The number of hydrogen-bond donors (Lipinski definition) is 2. The van der Waals surface area contributed by atoms with Crippen molar-refractivity contribution in [1.29, 1.82) is 0 Å². The number of rotatable bonds is 8. The molecule has 1 saturated heterocycles. The van der Waals surface area contributed by atoms with Gasteiger partial charge in [-0.05, 0) is 49.2 Å². The van der Waals surface area contributed by atoms with Crippen molar-refractivity contribution in [3.8, 4) is 0 Å². The molecule has 1 amide bonds. The molecule has 1 heterocycles. The first-order valence-electron chi connectivity index (χ1n) is 9.81. The van der Waals surface area contributed by atoms with E-state index >= 15 is 0 Å². The van der Waals surface area contributed by atoms with Crippen LogP contribution in [-0.4, -0.2) is 47.2 Å². The summed E-state index contributed by atoms with van der Waals surface area (Å²) in [6.07, 6.45) is 2.21. The summed E-state index contributed by atoms with van der Waals surface area (Å²) in [6.45, 7) is 1.72. The number of nitrogens with one attached hydrogen (secondary N) is 2. The highest BCUT2D eigenvalue weighted by Crippen LogP contribution is 2.23. The van der Waals surface area contributed by atoms with Crippen LogP contribution in [0.1, 0.15) is 19.3 Å². The summed E-state index contributed by atoms with van der Waals surface area (Å²) in [7, 11) is -2.26. The number of methoxy groups -OCH3 is 1. The SMILES string of the molecule is COC1CCN(c2ccc(NC(=O)CCNS(=O)(=O)c3ccccc3F)cc2)CC1. The van der Waals surface area contributed by atoms with Crippen LogP contribution in [0.2, 0.25) is 0 Å². The summed E-state index contributed by atoms with van der Waals surface area (Å²) >= 11 is 0. The third kappa shape index (κ3) is 5.78. The Morgan fingerprint density at radius 3 is 2.43 bits per heavy atom. The van der Waals surface area contributed by atoms with Crippen LogP contribution >= 0.6 is 0 Å². The minimum Gasteiger partial charge on any atom is -0.381 e. The Morgan fingerprint density at radius 2 is 1.80 bits per heavy atom. The molecule has 7 nitrogen and oxygen atoms in total. The average molecular weight is 436 g/mol. The summed E-state index contributed by atoms with van der Waals surface area (Å²) in [5, 5.41) is 2.74. The van der Waals surface area contributed by atoms with Gasteiger partial charge < -0.3 is 15.0 Å². The molecule has 1 aliphatic rings. The lowest BCUT2D eigenvalue weighted by atomic mass is 10.1. The molecule has 1 fully saturated rings. The molecule has 0 aliphatic carbocycles. The second-order valence-corrected chi connectivity index (χ2v) is 8.83. The summed E-state index contributed by atoms with van der Waals surface area (Å²) in [6, 6.07) is 12.6. The number of piperidine rings is 1. The standard InChI is InChI=1S/C21H26FN3O4S/c1-29-18-11-14-25(15-12-18)17-8-6-16(7-9-17)24-21(26)10-13-23-30(27,28)20-5-3-2-4-19(20)22/h2-9,18,23H,10-15H2,1H3,(H,24,26). The monoisotopic (exact) mass is 435 g/mol. The van der Waals surface area contributed by atoms with Crippen LogP contribution in [0.25, 0.3) is 0 Å². The third-order valence-corrected chi connectivity index (χ3v) is 6.56. The van der Waals surface area contributed by atoms with Gasteiger partial charge in [-0.2, -0.15) is 0 Å². The maximum absolute atomic E-state index is 13.7. The van der Waals surface area contributed by atoms with Gasteiger partial charge in [-0.3, -0.25) is 4.79 Å². The Balaban J connectivity index is 1.47. The van der Waals surface area contributed by atoms with E-state index in [-0.39, 0.29) is 18.9 Å². The van der Waals surface area contributed by atoms with Gasteiger partial charge in [-0.15, -0.1) is 0 Å². The van der Waals surface area contributed by atoms with E-state index in [1.807, 2.05) is 24.3 Å². The first kappa shape index (κ1) is 22.2. The van der Waals surface area contributed by atoms with Gasteiger partial charge in [0.25, 0.3) is 0 Å². The van der Waals surface area contributed by atoms with Crippen molar-refractivity contribution in [1.82, 2.24) is 4.72 Å². The van der Waals surface area contributed by atoms with Crippen LogP contribution in [0.5, 0.6) is 0 Å². The number of anilines is 2. The highest BCUT2D eigenvalue weighted by atomic mass is 32.2. The van der Waals surface area contributed by atoms with Crippen molar-refractivity contribution in [3.05, 3.63) is 54.3 Å². The van der Waals surface area contributed by atoms with E-state index in [1.165, 1.54) is 18.2 Å². The second-order valence-electron chi connectivity index (χ2n) is 7.10. The fraction of sp³-hybridized carbons (Fsp3) is 0.381. The molecule has 0 aromatic heterocycles. The zero-order valence-corrected chi connectivity index (χ0v) is 17.6. The summed E-state index contributed by atoms with van der Waals surface area (Å²) in [5.74, 6) is -1.17. The first-order valence-corrected chi connectivity index (χ1v) is 11.3. The fourth-order valence-electron chi connectivity index (χ4n) is 3.37. The van der Waals surface area contributed by atoms with Crippen molar-refractivity contribution in [2.45, 2.75) is 30.3 Å². The number of carbonyl (C=O) groups is 1. The van der Waals surface area contributed by atoms with Crippen molar-refractivity contribution in [2.75, 3.05) is 37.0 Å². The highest BCUT2D eigenvalue weighted by Gasteiger charge is 2.19. The Hall–Kier alpha value is -2.49. The van der Waals surface area contributed by atoms with Gasteiger partial charge >= 0.3 is 0 Å². The molecular formula is C21H26FN3O4S. The van der Waals surface area contributed by atoms with Gasteiger partial charge in [0.15, 0.2) is 0 Å². The number of sulfonamides is 1. The minimum atomic E-state index is -4.00. The Labute approximate surface area is 176 Å². The molecule has 0 bridgehead atoms. The number of hydrogen-bond acceptors (Lipinski definition) is 5. The van der Waals surface area contributed by atoms with Crippen LogP contribution < -0.4 is 14.9 Å². The number of halogens is 1. The fourth-order valence-corrected chi connectivity index (χ4v) is 4.48. The molecule has 0 spiro atoms. The zero-order chi connectivity index (χ0) is 21.6. The minimum absolute atomic E-state index is 0.0695. The maximum atomic E-state index is 13.7. The lowest BCUT2D eigenvalue weighted by molar-refractivity contribution is -0.116. The van der Waals surface area contributed by atoms with E-state index in [0.717, 1.165) is 37.7 Å². The van der Waals surface area contributed by atoms with Crippen LogP contribution in [0.3, 0.4) is 0 Å². The summed E-state index contributed by atoms with van der Waals surface area (Å²) < 4.78 is 45.5. The maximum Gasteiger partial charge on any atom is 0.243 e. The number of benzene rings is 2. The third-order valence-electron chi connectivity index (χ3n) is 5.06. The highest BCUT2D eigenvalue weighted by molar-refractivity contribution is 7.89. The largest absolute Gasteiger partial charge is 0.381 e. The van der Waals surface area contributed by atoms with E-state index in [1.54, 1.807) is 7.11 Å². The van der Waals surface area contributed by atoms with Crippen LogP contribution in [-0.2, 0) is 19.6 Å². The Morgan fingerprint density at radius 1 is 1.13 bits per heavy atom. The van der Waals surface area contributed by atoms with Crippen LogP contribution in [0.4, 0.5) is 15.8 Å². The quantitative estimate of drug-likeness (QED) is 0.666. The molecule has 0 saturated carbocycles. The van der Waals surface area contributed by atoms with Crippen molar-refractivity contribution < 1.29 is 22.3 Å². The van der Waals surface area contributed by atoms with E-state index in [9.17, 15) is 17.6 Å². The van der Waals surface area contributed by atoms with Crippen LogP contribution in [0.15, 0.2) is 53.4 Å². The van der Waals surface area contributed by atoms with Gasteiger partial charge in [0.2, 0.25) is 15.9 Å². The molecule has 30 heavy (non-hydrogen) atoms.